The van der Waals surface area contributed by atoms with E-state index in [1.54, 1.807) is 11.1 Å². The number of ether oxygens (including phenoxy) is 2. The normalized spacial score (nSPS) is 23.7. The van der Waals surface area contributed by atoms with Gasteiger partial charge in [0.2, 0.25) is 0 Å². The second-order valence-electron chi connectivity index (χ2n) is 9.27. The number of amides is 1. The number of aromatic amines is 1. The molecule has 2 aliphatic rings. The molecule has 0 spiro atoms. The van der Waals surface area contributed by atoms with Crippen molar-refractivity contribution in [3.05, 3.63) is 34.3 Å². The SMILES string of the molecule is C[C@@H]1CN(C(=O)OC(C)(C)C)C[C@H]1c1cn2c(C3CCOCC3)ncc2c(=O)[nH]1. The Morgan fingerprint density at radius 1 is 1.28 bits per heavy atom. The number of carbonyl (C=O) groups is 1. The lowest BCUT2D eigenvalue weighted by Crippen LogP contribution is -2.35. The molecule has 0 aliphatic carbocycles. The number of carbonyl (C=O) groups excluding carboxylic acids is 1. The van der Waals surface area contributed by atoms with Crippen LogP contribution < -0.4 is 5.56 Å². The van der Waals surface area contributed by atoms with E-state index in [1.165, 1.54) is 0 Å². The summed E-state index contributed by atoms with van der Waals surface area (Å²) in [6, 6.07) is 0. The number of H-pyrrole nitrogens is 1. The average molecular weight is 402 g/mol. The van der Waals surface area contributed by atoms with Crippen molar-refractivity contribution in [2.45, 2.75) is 58.0 Å². The van der Waals surface area contributed by atoms with E-state index < -0.39 is 5.60 Å². The predicted octanol–water partition coefficient (Wildman–Crippen LogP) is 2.89. The summed E-state index contributed by atoms with van der Waals surface area (Å²) in [6.45, 7) is 10.3. The molecule has 2 aliphatic heterocycles. The van der Waals surface area contributed by atoms with Gasteiger partial charge < -0.3 is 19.4 Å². The van der Waals surface area contributed by atoms with Gasteiger partial charge in [-0.15, -0.1) is 0 Å². The zero-order chi connectivity index (χ0) is 20.8. The van der Waals surface area contributed by atoms with Crippen LogP contribution in [0.15, 0.2) is 17.2 Å². The largest absolute Gasteiger partial charge is 0.444 e. The highest BCUT2D eigenvalue weighted by atomic mass is 16.6. The Labute approximate surface area is 170 Å². The van der Waals surface area contributed by atoms with Crippen LogP contribution in [-0.4, -0.2) is 57.3 Å². The molecular weight excluding hydrogens is 372 g/mol. The minimum Gasteiger partial charge on any atom is -0.444 e. The van der Waals surface area contributed by atoms with Gasteiger partial charge in [0.1, 0.15) is 16.9 Å². The highest BCUT2D eigenvalue weighted by molar-refractivity contribution is 5.68. The minimum absolute atomic E-state index is 0.0459. The quantitative estimate of drug-likeness (QED) is 0.834. The van der Waals surface area contributed by atoms with Crippen LogP contribution in [0.3, 0.4) is 0 Å². The fourth-order valence-corrected chi connectivity index (χ4v) is 4.34. The summed E-state index contributed by atoms with van der Waals surface area (Å²) in [7, 11) is 0. The number of hydrogen-bond acceptors (Lipinski definition) is 5. The fourth-order valence-electron chi connectivity index (χ4n) is 4.34. The molecule has 0 bridgehead atoms. The van der Waals surface area contributed by atoms with Crippen molar-refractivity contribution in [1.29, 1.82) is 0 Å². The van der Waals surface area contributed by atoms with Crippen molar-refractivity contribution in [3.8, 4) is 0 Å². The summed E-state index contributed by atoms with van der Waals surface area (Å²) in [5, 5.41) is 0. The first-order valence-corrected chi connectivity index (χ1v) is 10.4. The molecule has 4 rings (SSSR count). The van der Waals surface area contributed by atoms with Crippen LogP contribution in [0.5, 0.6) is 0 Å². The topological polar surface area (TPSA) is 88.9 Å². The van der Waals surface area contributed by atoms with Crippen LogP contribution in [0.25, 0.3) is 5.52 Å². The third-order valence-electron chi connectivity index (χ3n) is 5.83. The van der Waals surface area contributed by atoms with Crippen molar-refractivity contribution in [2.75, 3.05) is 26.3 Å². The fraction of sp³-hybridized carbons (Fsp3) is 0.667. The van der Waals surface area contributed by atoms with Gasteiger partial charge >= 0.3 is 6.09 Å². The molecule has 4 heterocycles. The number of nitrogens with zero attached hydrogens (tertiary/aromatic N) is 3. The van der Waals surface area contributed by atoms with Crippen LogP contribution in [0, 0.1) is 5.92 Å². The molecule has 158 valence electrons. The van der Waals surface area contributed by atoms with Crippen molar-refractivity contribution < 1.29 is 14.3 Å². The molecule has 1 amide bonds. The van der Waals surface area contributed by atoms with Crippen molar-refractivity contribution in [1.82, 2.24) is 19.3 Å². The van der Waals surface area contributed by atoms with Crippen LogP contribution in [0.1, 0.15) is 63.9 Å². The summed E-state index contributed by atoms with van der Waals surface area (Å²) in [4.78, 5) is 34.5. The maximum absolute atomic E-state index is 12.7. The Kier molecular flexibility index (Phi) is 5.14. The van der Waals surface area contributed by atoms with Crippen LogP contribution in [0.4, 0.5) is 4.79 Å². The van der Waals surface area contributed by atoms with Gasteiger partial charge in [0.15, 0.2) is 0 Å². The molecule has 1 N–H and O–H groups in total. The first kappa shape index (κ1) is 19.9. The van der Waals surface area contributed by atoms with Gasteiger partial charge in [0.25, 0.3) is 5.56 Å². The van der Waals surface area contributed by atoms with E-state index in [4.69, 9.17) is 9.47 Å². The molecule has 0 unspecified atom stereocenters. The number of nitrogens with one attached hydrogen (secondary N) is 1. The molecule has 29 heavy (non-hydrogen) atoms. The van der Waals surface area contributed by atoms with Gasteiger partial charge in [-0.3, -0.25) is 9.20 Å². The standard InChI is InChI=1S/C21H30N4O4/c1-13-10-24(20(27)29-21(2,3)4)11-15(13)16-12-25-17(19(26)23-16)9-22-18(25)14-5-7-28-8-6-14/h9,12-15H,5-8,10-11H2,1-4H3,(H,23,26)/t13-,15-/m1/s1. The Morgan fingerprint density at radius 3 is 2.69 bits per heavy atom. The van der Waals surface area contributed by atoms with Gasteiger partial charge in [-0.2, -0.15) is 0 Å². The minimum atomic E-state index is -0.527. The predicted molar refractivity (Wildman–Crippen MR) is 108 cm³/mol. The third-order valence-corrected chi connectivity index (χ3v) is 5.83. The molecule has 8 nitrogen and oxygen atoms in total. The molecule has 2 saturated heterocycles. The summed E-state index contributed by atoms with van der Waals surface area (Å²) in [6.07, 6.45) is 5.16. The number of aromatic nitrogens is 3. The summed E-state index contributed by atoms with van der Waals surface area (Å²) < 4.78 is 12.9. The van der Waals surface area contributed by atoms with Crippen LogP contribution in [-0.2, 0) is 9.47 Å². The van der Waals surface area contributed by atoms with E-state index in [2.05, 4.69) is 16.9 Å². The number of fused-ring (bicyclic) bond motifs is 1. The monoisotopic (exact) mass is 402 g/mol. The van der Waals surface area contributed by atoms with E-state index in [0.717, 1.165) is 37.6 Å². The van der Waals surface area contributed by atoms with Crippen LogP contribution in [0.2, 0.25) is 0 Å². The average Bonchev–Trinajstić information content (AvgIpc) is 3.25. The molecular formula is C21H30N4O4. The lowest BCUT2D eigenvalue weighted by Gasteiger charge is -2.24. The summed E-state index contributed by atoms with van der Waals surface area (Å²) >= 11 is 0. The Bertz CT molecular complexity index is 952. The van der Waals surface area contributed by atoms with E-state index in [-0.39, 0.29) is 23.5 Å². The first-order chi connectivity index (χ1) is 13.7. The summed E-state index contributed by atoms with van der Waals surface area (Å²) in [5.74, 6) is 1.47. The molecule has 0 saturated carbocycles. The second kappa shape index (κ2) is 7.48. The van der Waals surface area contributed by atoms with Crippen molar-refractivity contribution in [3.63, 3.8) is 0 Å². The van der Waals surface area contributed by atoms with E-state index in [1.807, 2.05) is 31.4 Å². The van der Waals surface area contributed by atoms with Gasteiger partial charge in [0, 0.05) is 50.0 Å². The maximum atomic E-state index is 12.7. The Morgan fingerprint density at radius 2 is 2.00 bits per heavy atom. The first-order valence-electron chi connectivity index (χ1n) is 10.4. The number of rotatable bonds is 2. The summed E-state index contributed by atoms with van der Waals surface area (Å²) in [5.41, 5.74) is 0.731. The van der Waals surface area contributed by atoms with Crippen LogP contribution >= 0.6 is 0 Å². The zero-order valence-corrected chi connectivity index (χ0v) is 17.6. The van der Waals surface area contributed by atoms with Crippen molar-refractivity contribution >= 4 is 11.6 Å². The van der Waals surface area contributed by atoms with Crippen molar-refractivity contribution in [2.24, 2.45) is 5.92 Å². The molecule has 2 aromatic heterocycles. The molecule has 2 fully saturated rings. The Hall–Kier alpha value is -2.35. The molecule has 0 aromatic carbocycles. The lowest BCUT2D eigenvalue weighted by atomic mass is 9.95. The highest BCUT2D eigenvalue weighted by Crippen LogP contribution is 2.33. The number of imidazole rings is 1. The lowest BCUT2D eigenvalue weighted by molar-refractivity contribution is 0.0287. The maximum Gasteiger partial charge on any atom is 0.410 e. The highest BCUT2D eigenvalue weighted by Gasteiger charge is 2.36. The third kappa shape index (κ3) is 4.03. The van der Waals surface area contributed by atoms with Gasteiger partial charge in [-0.25, -0.2) is 9.78 Å². The van der Waals surface area contributed by atoms with Gasteiger partial charge in [-0.05, 0) is 39.5 Å². The molecule has 8 heteroatoms. The Balaban J connectivity index is 1.62. The molecule has 2 aromatic rings. The van der Waals surface area contributed by atoms with E-state index >= 15 is 0 Å². The van der Waals surface area contributed by atoms with Gasteiger partial charge in [0.05, 0.1) is 6.20 Å². The number of likely N-dealkylation sites (tertiary alicyclic amines) is 1. The zero-order valence-electron chi connectivity index (χ0n) is 17.6. The second-order valence-corrected chi connectivity index (χ2v) is 9.27. The molecule has 2 atom stereocenters. The molecule has 0 radical (unpaired) electrons. The number of hydrogen-bond donors (Lipinski definition) is 1. The van der Waals surface area contributed by atoms with E-state index in [9.17, 15) is 9.59 Å². The smallest absolute Gasteiger partial charge is 0.410 e. The van der Waals surface area contributed by atoms with E-state index in [0.29, 0.717) is 24.5 Å². The van der Waals surface area contributed by atoms with Gasteiger partial charge in [-0.1, -0.05) is 6.92 Å².